The molecule has 0 amide bonds. The zero-order chi connectivity index (χ0) is 16.0. The summed E-state index contributed by atoms with van der Waals surface area (Å²) in [5.41, 5.74) is 0.990. The molecule has 5 nitrogen and oxygen atoms in total. The van der Waals surface area contributed by atoms with E-state index in [2.05, 4.69) is 16.7 Å². The molecule has 22 heavy (non-hydrogen) atoms. The lowest BCUT2D eigenvalue weighted by molar-refractivity contribution is 0.203. The number of piperidine rings is 1. The van der Waals surface area contributed by atoms with Gasteiger partial charge >= 0.3 is 0 Å². The molecule has 1 aliphatic rings. The molecule has 1 fully saturated rings. The second-order valence-corrected chi connectivity index (χ2v) is 8.06. The standard InChI is InChI=1S/C16H27N3O2S/c1-18-12-6-9-16(13-18)10-11-17-22(20,21)19(2)14-15-7-4-3-5-8-15/h3-5,7-8,16-17H,6,9-14H2,1-2H3/t16-/m1/s1. The molecule has 0 radical (unpaired) electrons. The molecule has 1 heterocycles. The van der Waals surface area contributed by atoms with Crippen molar-refractivity contribution in [1.29, 1.82) is 0 Å². The zero-order valence-electron chi connectivity index (χ0n) is 13.5. The van der Waals surface area contributed by atoms with Gasteiger partial charge in [-0.25, -0.2) is 4.72 Å². The highest BCUT2D eigenvalue weighted by Crippen LogP contribution is 2.17. The molecule has 0 saturated carbocycles. The van der Waals surface area contributed by atoms with Gasteiger partial charge in [0.15, 0.2) is 0 Å². The van der Waals surface area contributed by atoms with Gasteiger partial charge in [-0.1, -0.05) is 30.3 Å². The van der Waals surface area contributed by atoms with Crippen molar-refractivity contribution in [3.8, 4) is 0 Å². The SMILES string of the molecule is CN1CCC[C@H](CCNS(=O)(=O)N(C)Cc2ccccc2)C1. The molecule has 0 bridgehead atoms. The maximum Gasteiger partial charge on any atom is 0.279 e. The second-order valence-electron chi connectivity index (χ2n) is 6.20. The zero-order valence-corrected chi connectivity index (χ0v) is 14.3. The third-order valence-corrected chi connectivity index (χ3v) is 5.74. The molecule has 1 aromatic carbocycles. The minimum absolute atomic E-state index is 0.391. The van der Waals surface area contributed by atoms with Crippen molar-refractivity contribution in [2.75, 3.05) is 33.7 Å². The third kappa shape index (κ3) is 5.35. The van der Waals surface area contributed by atoms with Gasteiger partial charge < -0.3 is 4.90 Å². The van der Waals surface area contributed by atoms with E-state index in [-0.39, 0.29) is 0 Å². The summed E-state index contributed by atoms with van der Waals surface area (Å²) in [7, 11) is 0.341. The van der Waals surface area contributed by atoms with E-state index in [4.69, 9.17) is 0 Å². The van der Waals surface area contributed by atoms with Crippen LogP contribution < -0.4 is 4.72 Å². The number of likely N-dealkylation sites (tertiary alicyclic amines) is 1. The van der Waals surface area contributed by atoms with E-state index in [1.54, 1.807) is 7.05 Å². The van der Waals surface area contributed by atoms with Crippen LogP contribution in [0.5, 0.6) is 0 Å². The maximum atomic E-state index is 12.2. The topological polar surface area (TPSA) is 52.7 Å². The fourth-order valence-electron chi connectivity index (χ4n) is 2.94. The van der Waals surface area contributed by atoms with Crippen LogP contribution in [0.25, 0.3) is 0 Å². The maximum absolute atomic E-state index is 12.2. The number of nitrogens with zero attached hydrogens (tertiary/aromatic N) is 2. The lowest BCUT2D eigenvalue weighted by atomic mass is 9.95. The first-order chi connectivity index (χ1) is 10.5. The molecule has 1 saturated heterocycles. The van der Waals surface area contributed by atoms with E-state index < -0.39 is 10.2 Å². The molecule has 1 aromatic rings. The van der Waals surface area contributed by atoms with Gasteiger partial charge in [-0.05, 0) is 44.3 Å². The van der Waals surface area contributed by atoms with Gasteiger partial charge in [0.25, 0.3) is 10.2 Å². The van der Waals surface area contributed by atoms with Crippen LogP contribution in [0.2, 0.25) is 0 Å². The molecule has 0 unspecified atom stereocenters. The van der Waals surface area contributed by atoms with Crippen molar-refractivity contribution < 1.29 is 8.42 Å². The molecule has 0 aliphatic carbocycles. The lowest BCUT2D eigenvalue weighted by Gasteiger charge is -2.29. The van der Waals surface area contributed by atoms with E-state index >= 15 is 0 Å². The number of hydrogen-bond donors (Lipinski definition) is 1. The lowest BCUT2D eigenvalue weighted by Crippen LogP contribution is -2.40. The fraction of sp³-hybridized carbons (Fsp3) is 0.625. The number of nitrogens with one attached hydrogen (secondary N) is 1. The molecule has 1 N–H and O–H groups in total. The van der Waals surface area contributed by atoms with Crippen molar-refractivity contribution >= 4 is 10.2 Å². The van der Waals surface area contributed by atoms with Crippen molar-refractivity contribution in [1.82, 2.24) is 13.9 Å². The Kier molecular flexibility index (Phi) is 6.37. The van der Waals surface area contributed by atoms with E-state index in [0.717, 1.165) is 25.1 Å². The minimum atomic E-state index is -3.40. The van der Waals surface area contributed by atoms with Gasteiger partial charge in [0.2, 0.25) is 0 Å². The Labute approximate surface area is 134 Å². The highest BCUT2D eigenvalue weighted by atomic mass is 32.2. The van der Waals surface area contributed by atoms with Crippen LogP contribution in [0.15, 0.2) is 30.3 Å². The Hall–Kier alpha value is -0.950. The Morgan fingerprint density at radius 1 is 1.32 bits per heavy atom. The van der Waals surface area contributed by atoms with E-state index in [1.807, 2.05) is 30.3 Å². The van der Waals surface area contributed by atoms with Crippen LogP contribution >= 0.6 is 0 Å². The Balaban J connectivity index is 1.78. The second kappa shape index (κ2) is 8.06. The van der Waals surface area contributed by atoms with Gasteiger partial charge in [-0.3, -0.25) is 0 Å². The smallest absolute Gasteiger partial charge is 0.279 e. The largest absolute Gasteiger partial charge is 0.306 e. The average molecular weight is 325 g/mol. The summed E-state index contributed by atoms with van der Waals surface area (Å²) in [4.78, 5) is 2.32. The number of rotatable bonds is 7. The van der Waals surface area contributed by atoms with Crippen molar-refractivity contribution in [2.24, 2.45) is 5.92 Å². The summed E-state index contributed by atoms with van der Waals surface area (Å²) >= 11 is 0. The van der Waals surface area contributed by atoms with Crippen LogP contribution in [0.1, 0.15) is 24.8 Å². The molecule has 2 rings (SSSR count). The summed E-state index contributed by atoms with van der Waals surface area (Å²) in [6.45, 7) is 3.13. The molecule has 1 aliphatic heterocycles. The highest BCUT2D eigenvalue weighted by Gasteiger charge is 2.20. The highest BCUT2D eigenvalue weighted by molar-refractivity contribution is 7.87. The summed E-state index contributed by atoms with van der Waals surface area (Å²) in [5, 5.41) is 0. The van der Waals surface area contributed by atoms with E-state index in [0.29, 0.717) is 19.0 Å². The van der Waals surface area contributed by atoms with Gasteiger partial charge in [0, 0.05) is 26.7 Å². The number of hydrogen-bond acceptors (Lipinski definition) is 3. The first kappa shape index (κ1) is 17.4. The van der Waals surface area contributed by atoms with E-state index in [9.17, 15) is 8.42 Å². The van der Waals surface area contributed by atoms with E-state index in [1.165, 1.54) is 17.1 Å². The van der Waals surface area contributed by atoms with Crippen molar-refractivity contribution in [2.45, 2.75) is 25.8 Å². The first-order valence-electron chi connectivity index (χ1n) is 7.91. The van der Waals surface area contributed by atoms with Gasteiger partial charge in [-0.15, -0.1) is 0 Å². The monoisotopic (exact) mass is 325 g/mol. The fourth-order valence-corrected chi connectivity index (χ4v) is 3.85. The molecular formula is C16H27N3O2S. The van der Waals surface area contributed by atoms with Crippen LogP contribution in [-0.4, -0.2) is 51.4 Å². The molecule has 6 heteroatoms. The average Bonchev–Trinajstić information content (AvgIpc) is 2.48. The van der Waals surface area contributed by atoms with Crippen LogP contribution in [0, 0.1) is 5.92 Å². The summed E-state index contributed by atoms with van der Waals surface area (Å²) in [6.07, 6.45) is 3.32. The van der Waals surface area contributed by atoms with Gasteiger partial charge in [0.05, 0.1) is 0 Å². The van der Waals surface area contributed by atoms with Crippen molar-refractivity contribution in [3.63, 3.8) is 0 Å². The third-order valence-electron chi connectivity index (χ3n) is 4.22. The summed E-state index contributed by atoms with van der Waals surface area (Å²) in [5.74, 6) is 0.598. The predicted octanol–water partition coefficient (Wildman–Crippen LogP) is 1.68. The Morgan fingerprint density at radius 3 is 2.73 bits per heavy atom. The molecule has 0 aromatic heterocycles. The van der Waals surface area contributed by atoms with Crippen LogP contribution in [-0.2, 0) is 16.8 Å². The molecule has 124 valence electrons. The molecule has 1 atom stereocenters. The summed E-state index contributed by atoms with van der Waals surface area (Å²) < 4.78 is 28.6. The Morgan fingerprint density at radius 2 is 2.05 bits per heavy atom. The Bertz CT molecular complexity index is 548. The quantitative estimate of drug-likeness (QED) is 0.830. The van der Waals surface area contributed by atoms with Crippen LogP contribution in [0.3, 0.4) is 0 Å². The summed E-state index contributed by atoms with van der Waals surface area (Å²) in [6, 6.07) is 9.64. The minimum Gasteiger partial charge on any atom is -0.306 e. The van der Waals surface area contributed by atoms with Gasteiger partial charge in [0.1, 0.15) is 0 Å². The first-order valence-corrected chi connectivity index (χ1v) is 9.35. The molecule has 0 spiro atoms. The number of benzene rings is 1. The van der Waals surface area contributed by atoms with Crippen LogP contribution in [0.4, 0.5) is 0 Å². The normalized spacial score (nSPS) is 20.4. The predicted molar refractivity (Wildman–Crippen MR) is 89.7 cm³/mol. The van der Waals surface area contributed by atoms with Gasteiger partial charge in [-0.2, -0.15) is 12.7 Å². The van der Waals surface area contributed by atoms with Crippen molar-refractivity contribution in [3.05, 3.63) is 35.9 Å². The molecular weight excluding hydrogens is 298 g/mol.